The van der Waals surface area contributed by atoms with Crippen LogP contribution in [-0.2, 0) is 20.5 Å². The third-order valence-corrected chi connectivity index (χ3v) is 7.46. The Morgan fingerprint density at radius 3 is 2.51 bits per heavy atom. The Morgan fingerprint density at radius 2 is 1.89 bits per heavy atom. The molecule has 0 radical (unpaired) electrons. The summed E-state index contributed by atoms with van der Waals surface area (Å²) >= 11 is 3.42. The number of imide groups is 1. The van der Waals surface area contributed by atoms with Crippen molar-refractivity contribution in [1.29, 1.82) is 0 Å². The number of carbonyl (C=O) groups is 3. The molecule has 0 aromatic heterocycles. The topological polar surface area (TPSA) is 76.2 Å². The van der Waals surface area contributed by atoms with E-state index < -0.39 is 53.1 Å². The van der Waals surface area contributed by atoms with Gasteiger partial charge in [-0.1, -0.05) is 15.9 Å². The number of hydrogen-bond donors (Lipinski definition) is 0. The fourth-order valence-corrected chi connectivity index (χ4v) is 5.87. The molecule has 5 rings (SSSR count). The number of anilines is 1. The van der Waals surface area contributed by atoms with Crippen LogP contribution in [0.25, 0.3) is 0 Å². The van der Waals surface area contributed by atoms with Crippen molar-refractivity contribution in [2.45, 2.75) is 31.6 Å². The van der Waals surface area contributed by atoms with Gasteiger partial charge in [-0.3, -0.25) is 9.59 Å². The summed E-state index contributed by atoms with van der Waals surface area (Å²) in [6.45, 7) is 3.32. The predicted molar refractivity (Wildman–Crippen MR) is 121 cm³/mol. The van der Waals surface area contributed by atoms with E-state index >= 15 is 0 Å². The van der Waals surface area contributed by atoms with Crippen LogP contribution >= 0.6 is 15.9 Å². The van der Waals surface area contributed by atoms with Gasteiger partial charge < -0.3 is 14.4 Å². The third-order valence-electron chi connectivity index (χ3n) is 6.97. The number of fused-ring (bicyclic) bond motifs is 5. The normalized spacial score (nSPS) is 27.3. The number of urea groups is 1. The summed E-state index contributed by atoms with van der Waals surface area (Å²) in [7, 11) is 0. The van der Waals surface area contributed by atoms with Crippen molar-refractivity contribution in [3.05, 3.63) is 58.1 Å². The van der Waals surface area contributed by atoms with E-state index in [0.717, 1.165) is 33.6 Å². The van der Waals surface area contributed by atoms with E-state index in [0.29, 0.717) is 11.3 Å². The van der Waals surface area contributed by atoms with Crippen molar-refractivity contribution >= 4 is 39.5 Å². The second-order valence-electron chi connectivity index (χ2n) is 8.82. The summed E-state index contributed by atoms with van der Waals surface area (Å²) in [6.07, 6.45) is -4.56. The first kappa shape index (κ1) is 23.7. The SMILES string of the molecule is CCOC(=O)C1C2COc3ccc(Br)cc3C2N2C(=O)N(c3ccc(C(F)(F)F)cc3)C(=O)[C@]12C. The summed E-state index contributed by atoms with van der Waals surface area (Å²) < 4.78 is 51.1. The van der Waals surface area contributed by atoms with Crippen LogP contribution in [-0.4, -0.2) is 41.6 Å². The van der Waals surface area contributed by atoms with E-state index in [4.69, 9.17) is 9.47 Å². The van der Waals surface area contributed by atoms with Crippen LogP contribution in [0.15, 0.2) is 46.9 Å². The quantitative estimate of drug-likeness (QED) is 0.398. The molecule has 0 N–H and O–H groups in total. The second-order valence-corrected chi connectivity index (χ2v) is 9.73. The average molecular weight is 553 g/mol. The molecular weight excluding hydrogens is 533 g/mol. The number of alkyl halides is 3. The van der Waals surface area contributed by atoms with E-state index in [1.807, 2.05) is 0 Å². The number of rotatable bonds is 3. The number of ether oxygens (including phenoxy) is 2. The lowest BCUT2D eigenvalue weighted by molar-refractivity contribution is -0.154. The number of esters is 1. The zero-order chi connectivity index (χ0) is 25.3. The number of carbonyl (C=O) groups excluding carboxylic acids is 3. The Kier molecular flexibility index (Phi) is 5.39. The molecule has 0 saturated carbocycles. The van der Waals surface area contributed by atoms with E-state index in [1.54, 1.807) is 25.1 Å². The predicted octanol–water partition coefficient (Wildman–Crippen LogP) is 4.94. The Hall–Kier alpha value is -3.08. The smallest absolute Gasteiger partial charge is 0.416 e. The van der Waals surface area contributed by atoms with Crippen molar-refractivity contribution in [2.75, 3.05) is 18.1 Å². The highest BCUT2D eigenvalue weighted by Crippen LogP contribution is 2.58. The summed E-state index contributed by atoms with van der Waals surface area (Å²) in [5.41, 5.74) is -1.90. The highest BCUT2D eigenvalue weighted by molar-refractivity contribution is 9.10. The van der Waals surface area contributed by atoms with Crippen molar-refractivity contribution in [3.8, 4) is 5.75 Å². The maximum absolute atomic E-state index is 13.8. The van der Waals surface area contributed by atoms with Crippen LogP contribution in [0.5, 0.6) is 5.75 Å². The van der Waals surface area contributed by atoms with Gasteiger partial charge in [0.05, 0.1) is 36.4 Å². The van der Waals surface area contributed by atoms with E-state index in [1.165, 1.54) is 11.8 Å². The van der Waals surface area contributed by atoms with Crippen LogP contribution in [0.1, 0.15) is 31.0 Å². The summed E-state index contributed by atoms with van der Waals surface area (Å²) in [5.74, 6) is -2.40. The van der Waals surface area contributed by atoms with Gasteiger partial charge in [0.1, 0.15) is 11.3 Å². The van der Waals surface area contributed by atoms with Gasteiger partial charge in [0.15, 0.2) is 0 Å². The van der Waals surface area contributed by atoms with E-state index in [-0.39, 0.29) is 18.9 Å². The molecule has 3 aliphatic rings. The molecule has 7 nitrogen and oxygen atoms in total. The first-order valence-electron chi connectivity index (χ1n) is 10.9. The number of halogens is 4. The molecule has 4 atom stereocenters. The summed E-state index contributed by atoms with van der Waals surface area (Å²) in [5, 5.41) is 0. The fraction of sp³-hybridized carbons (Fsp3) is 0.375. The number of nitrogens with zero attached hydrogens (tertiary/aromatic N) is 2. The Balaban J connectivity index is 1.64. The third kappa shape index (κ3) is 3.35. The van der Waals surface area contributed by atoms with Gasteiger partial charge in [0, 0.05) is 16.0 Å². The molecule has 3 heterocycles. The minimum atomic E-state index is -4.56. The standard InChI is InChI=1S/C24H20BrF3N2O5/c1-3-34-20(31)18-16-11-35-17-9-6-13(25)10-15(17)19(16)30-22(33)29(21(32)23(18,30)2)14-7-4-12(5-8-14)24(26,27)28/h4-10,16,18-19H,3,11H2,1-2H3/t16?,18?,19?,23-/m0/s1. The highest BCUT2D eigenvalue weighted by atomic mass is 79.9. The van der Waals surface area contributed by atoms with Gasteiger partial charge in [-0.25, -0.2) is 9.69 Å². The van der Waals surface area contributed by atoms with Crippen LogP contribution in [0.2, 0.25) is 0 Å². The Bertz CT molecular complexity index is 1230. The molecule has 3 aliphatic heterocycles. The monoisotopic (exact) mass is 552 g/mol. The number of amides is 3. The second kappa shape index (κ2) is 7.97. The maximum Gasteiger partial charge on any atom is 0.416 e. The molecular formula is C24H20BrF3N2O5. The van der Waals surface area contributed by atoms with Crippen molar-refractivity contribution in [3.63, 3.8) is 0 Å². The lowest BCUT2D eigenvalue weighted by atomic mass is 9.77. The minimum absolute atomic E-state index is 0.00990. The number of benzene rings is 2. The molecule has 3 amide bonds. The first-order valence-corrected chi connectivity index (χ1v) is 11.7. The highest BCUT2D eigenvalue weighted by Gasteiger charge is 2.72. The van der Waals surface area contributed by atoms with E-state index in [9.17, 15) is 27.6 Å². The van der Waals surface area contributed by atoms with Crippen LogP contribution < -0.4 is 9.64 Å². The Labute approximate surface area is 206 Å². The van der Waals surface area contributed by atoms with Gasteiger partial charge in [0.25, 0.3) is 5.91 Å². The number of hydrogen-bond acceptors (Lipinski definition) is 5. The zero-order valence-electron chi connectivity index (χ0n) is 18.6. The zero-order valence-corrected chi connectivity index (χ0v) is 20.2. The molecule has 2 saturated heterocycles. The summed E-state index contributed by atoms with van der Waals surface area (Å²) in [6, 6.07) is 7.69. The molecule has 0 spiro atoms. The largest absolute Gasteiger partial charge is 0.493 e. The summed E-state index contributed by atoms with van der Waals surface area (Å²) in [4.78, 5) is 43.0. The van der Waals surface area contributed by atoms with Crippen molar-refractivity contribution < 1.29 is 37.0 Å². The molecule has 11 heteroatoms. The molecule has 2 aromatic rings. The molecule has 0 aliphatic carbocycles. The van der Waals surface area contributed by atoms with Crippen molar-refractivity contribution in [1.82, 2.24) is 4.90 Å². The van der Waals surface area contributed by atoms with Crippen LogP contribution in [0, 0.1) is 11.8 Å². The van der Waals surface area contributed by atoms with Gasteiger partial charge in [-0.15, -0.1) is 0 Å². The Morgan fingerprint density at radius 1 is 1.20 bits per heavy atom. The molecule has 2 aromatic carbocycles. The lowest BCUT2D eigenvalue weighted by Gasteiger charge is -2.34. The maximum atomic E-state index is 13.8. The molecule has 184 valence electrons. The van der Waals surface area contributed by atoms with E-state index in [2.05, 4.69) is 15.9 Å². The minimum Gasteiger partial charge on any atom is -0.493 e. The van der Waals surface area contributed by atoms with Crippen molar-refractivity contribution in [2.24, 2.45) is 11.8 Å². The van der Waals surface area contributed by atoms with Gasteiger partial charge in [-0.2, -0.15) is 13.2 Å². The average Bonchev–Trinajstić information content (AvgIpc) is 3.18. The molecule has 0 bridgehead atoms. The lowest BCUT2D eigenvalue weighted by Crippen LogP contribution is -2.51. The van der Waals surface area contributed by atoms with Crippen LogP contribution in [0.4, 0.5) is 23.7 Å². The molecule has 2 fully saturated rings. The fourth-order valence-electron chi connectivity index (χ4n) is 5.49. The molecule has 3 unspecified atom stereocenters. The van der Waals surface area contributed by atoms with Gasteiger partial charge in [0.2, 0.25) is 0 Å². The van der Waals surface area contributed by atoms with Gasteiger partial charge in [-0.05, 0) is 56.3 Å². The molecule has 35 heavy (non-hydrogen) atoms. The van der Waals surface area contributed by atoms with Gasteiger partial charge >= 0.3 is 18.2 Å². The van der Waals surface area contributed by atoms with Crippen LogP contribution in [0.3, 0.4) is 0 Å². The first-order chi connectivity index (χ1) is 16.5.